The second-order valence-electron chi connectivity index (χ2n) is 7.44. The van der Waals surface area contributed by atoms with E-state index in [1.54, 1.807) is 45.0 Å². The molecular weight excluding hydrogens is 410 g/mol. The second-order valence-corrected chi connectivity index (χ2v) is 7.44. The molecule has 0 spiro atoms. The highest BCUT2D eigenvalue weighted by molar-refractivity contribution is 5.93. The lowest BCUT2D eigenvalue weighted by atomic mass is 10.1. The number of ether oxygens (including phenoxy) is 2. The first-order valence-electron chi connectivity index (χ1n) is 9.41. The number of carboxylic acid groups (broad SMARTS) is 1. The lowest BCUT2D eigenvalue weighted by Crippen LogP contribution is -2.51. The van der Waals surface area contributed by atoms with Crippen molar-refractivity contribution in [2.75, 3.05) is 13.1 Å². The average molecular weight is 437 g/mol. The van der Waals surface area contributed by atoms with Crippen molar-refractivity contribution in [2.45, 2.75) is 45.4 Å². The summed E-state index contributed by atoms with van der Waals surface area (Å²) in [5.41, 5.74) is -0.0533. The molecule has 0 heterocycles. The molecule has 1 rings (SSSR count). The lowest BCUT2D eigenvalue weighted by Gasteiger charge is -2.22. The van der Waals surface area contributed by atoms with E-state index in [9.17, 15) is 24.0 Å². The van der Waals surface area contributed by atoms with Gasteiger partial charge in [0.25, 0.3) is 0 Å². The van der Waals surface area contributed by atoms with Crippen LogP contribution in [0.25, 0.3) is 0 Å². The first-order valence-corrected chi connectivity index (χ1v) is 9.41. The van der Waals surface area contributed by atoms with E-state index in [1.807, 2.05) is 6.07 Å². The molecule has 31 heavy (non-hydrogen) atoms. The number of rotatable bonds is 10. The van der Waals surface area contributed by atoms with Crippen molar-refractivity contribution in [3.05, 3.63) is 35.9 Å². The van der Waals surface area contributed by atoms with Crippen LogP contribution in [-0.2, 0) is 35.3 Å². The number of aliphatic carboxylic acids is 1. The fourth-order valence-corrected chi connectivity index (χ4v) is 2.22. The van der Waals surface area contributed by atoms with Gasteiger partial charge in [0.15, 0.2) is 0 Å². The molecule has 11 heteroatoms. The van der Waals surface area contributed by atoms with E-state index in [1.165, 1.54) is 0 Å². The molecule has 3 amide bonds. The Morgan fingerprint density at radius 2 is 1.65 bits per heavy atom. The van der Waals surface area contributed by atoms with Gasteiger partial charge in [-0.1, -0.05) is 30.3 Å². The molecule has 0 aliphatic heterocycles. The number of carboxylic acids is 1. The van der Waals surface area contributed by atoms with Gasteiger partial charge in [0.05, 0.1) is 6.42 Å². The van der Waals surface area contributed by atoms with E-state index >= 15 is 0 Å². The zero-order chi connectivity index (χ0) is 23.4. The molecule has 0 unspecified atom stereocenters. The molecule has 0 radical (unpaired) electrons. The van der Waals surface area contributed by atoms with Crippen LogP contribution in [0, 0.1) is 0 Å². The Bertz CT molecular complexity index is 789. The predicted octanol–water partition coefficient (Wildman–Crippen LogP) is 0.330. The molecular formula is C20H27N3O8. The molecule has 0 aliphatic rings. The number of hydrogen-bond acceptors (Lipinski definition) is 7. The van der Waals surface area contributed by atoms with Gasteiger partial charge in [-0.3, -0.25) is 19.2 Å². The monoisotopic (exact) mass is 437 g/mol. The smallest absolute Gasteiger partial charge is 0.407 e. The first kappa shape index (κ1) is 25.4. The molecule has 4 N–H and O–H groups in total. The maximum Gasteiger partial charge on any atom is 0.407 e. The minimum atomic E-state index is -1.39. The molecule has 0 fully saturated rings. The maximum absolute atomic E-state index is 12.2. The Balaban J connectivity index is 2.57. The fourth-order valence-electron chi connectivity index (χ4n) is 2.22. The number of nitrogens with one attached hydrogen (secondary N) is 3. The number of benzene rings is 1. The van der Waals surface area contributed by atoms with Crippen molar-refractivity contribution in [2.24, 2.45) is 0 Å². The summed E-state index contributed by atoms with van der Waals surface area (Å²) < 4.78 is 10.1. The molecule has 0 bridgehead atoms. The van der Waals surface area contributed by atoms with Crippen LogP contribution in [0.5, 0.6) is 0 Å². The van der Waals surface area contributed by atoms with Gasteiger partial charge in [0.2, 0.25) is 11.8 Å². The highest BCUT2D eigenvalue weighted by atomic mass is 16.6. The maximum atomic E-state index is 12.2. The summed E-state index contributed by atoms with van der Waals surface area (Å²) in [6.07, 6.45) is -1.37. The van der Waals surface area contributed by atoms with Crippen LogP contribution >= 0.6 is 0 Å². The zero-order valence-electron chi connectivity index (χ0n) is 17.6. The normalized spacial score (nSPS) is 11.6. The highest BCUT2D eigenvalue weighted by Gasteiger charge is 2.27. The Hall–Kier alpha value is -3.63. The number of esters is 1. The average Bonchev–Trinajstić information content (AvgIpc) is 2.67. The van der Waals surface area contributed by atoms with Crippen LogP contribution in [0.4, 0.5) is 4.79 Å². The molecule has 1 aromatic rings. The molecule has 11 nitrogen and oxygen atoms in total. The van der Waals surface area contributed by atoms with Gasteiger partial charge in [-0.05, 0) is 26.3 Å². The van der Waals surface area contributed by atoms with Gasteiger partial charge in [-0.25, -0.2) is 4.79 Å². The topological polar surface area (TPSA) is 160 Å². The minimum absolute atomic E-state index is 0.00710. The molecule has 0 aromatic heterocycles. The van der Waals surface area contributed by atoms with Crippen LogP contribution in [0.3, 0.4) is 0 Å². The van der Waals surface area contributed by atoms with Crippen LogP contribution in [0.1, 0.15) is 32.8 Å². The van der Waals surface area contributed by atoms with E-state index in [-0.39, 0.29) is 6.61 Å². The number of alkyl carbamates (subject to hydrolysis) is 1. The summed E-state index contributed by atoms with van der Waals surface area (Å²) in [5, 5.41) is 15.3. The number of carbonyl (C=O) groups is 5. The van der Waals surface area contributed by atoms with E-state index in [0.29, 0.717) is 0 Å². The van der Waals surface area contributed by atoms with E-state index in [0.717, 1.165) is 5.56 Å². The summed E-state index contributed by atoms with van der Waals surface area (Å²) in [6.45, 7) is 3.69. The quantitative estimate of drug-likeness (QED) is 0.381. The number of carbonyl (C=O) groups excluding carboxylic acids is 4. The Morgan fingerprint density at radius 3 is 2.23 bits per heavy atom. The second kappa shape index (κ2) is 12.2. The lowest BCUT2D eigenvalue weighted by molar-refractivity contribution is -0.156. The molecule has 0 aliphatic carbocycles. The molecule has 0 saturated heterocycles. The van der Waals surface area contributed by atoms with Gasteiger partial charge < -0.3 is 30.5 Å². The van der Waals surface area contributed by atoms with E-state index in [2.05, 4.69) is 16.0 Å². The van der Waals surface area contributed by atoms with Crippen LogP contribution < -0.4 is 16.0 Å². The summed E-state index contributed by atoms with van der Waals surface area (Å²) in [5.74, 6) is -3.72. The standard InChI is InChI=1S/C20H27N3O8/c1-20(2,3)31-17(27)9-14(18(28)21-11-16(25)26)23-15(24)10-22-19(29)30-12-13-7-5-4-6-8-13/h4-8,14H,9-12H2,1-3H3,(H,21,28)(H,22,29)(H,23,24)(H,25,26)/t14-/m0/s1. The van der Waals surface area contributed by atoms with Crippen molar-refractivity contribution in [1.82, 2.24) is 16.0 Å². The predicted molar refractivity (Wildman–Crippen MR) is 108 cm³/mol. The largest absolute Gasteiger partial charge is 0.480 e. The zero-order valence-corrected chi connectivity index (χ0v) is 17.6. The third kappa shape index (κ3) is 11.8. The third-order valence-electron chi connectivity index (χ3n) is 3.46. The number of hydrogen-bond donors (Lipinski definition) is 4. The summed E-state index contributed by atoms with van der Waals surface area (Å²) in [6, 6.07) is 7.51. The molecule has 1 aromatic carbocycles. The third-order valence-corrected chi connectivity index (χ3v) is 3.46. The van der Waals surface area contributed by atoms with Gasteiger partial charge in [0, 0.05) is 0 Å². The van der Waals surface area contributed by atoms with Crippen LogP contribution in [0.2, 0.25) is 0 Å². The van der Waals surface area contributed by atoms with Crippen molar-refractivity contribution < 1.29 is 38.6 Å². The SMILES string of the molecule is CC(C)(C)OC(=O)C[C@H](NC(=O)CNC(=O)OCc1ccccc1)C(=O)NCC(=O)O. The highest BCUT2D eigenvalue weighted by Crippen LogP contribution is 2.09. The van der Waals surface area contributed by atoms with E-state index in [4.69, 9.17) is 14.6 Å². The summed E-state index contributed by atoms with van der Waals surface area (Å²) in [7, 11) is 0. The van der Waals surface area contributed by atoms with Gasteiger partial charge >= 0.3 is 18.0 Å². The molecule has 170 valence electrons. The Labute approximate surface area is 179 Å². The van der Waals surface area contributed by atoms with Crippen molar-refractivity contribution in [3.8, 4) is 0 Å². The van der Waals surface area contributed by atoms with Gasteiger partial charge in [-0.2, -0.15) is 0 Å². The number of amides is 3. The molecule has 1 atom stereocenters. The summed E-state index contributed by atoms with van der Waals surface area (Å²) >= 11 is 0. The Kier molecular flexibility index (Phi) is 9.96. The summed E-state index contributed by atoms with van der Waals surface area (Å²) in [4.78, 5) is 58.7. The first-order chi connectivity index (χ1) is 14.5. The van der Waals surface area contributed by atoms with Gasteiger partial charge in [0.1, 0.15) is 31.3 Å². The van der Waals surface area contributed by atoms with Crippen molar-refractivity contribution >= 4 is 29.8 Å². The van der Waals surface area contributed by atoms with Crippen molar-refractivity contribution in [1.29, 1.82) is 0 Å². The van der Waals surface area contributed by atoms with Crippen LogP contribution in [-0.4, -0.2) is 59.7 Å². The van der Waals surface area contributed by atoms with E-state index < -0.39 is 61.0 Å². The fraction of sp³-hybridized carbons (Fsp3) is 0.450. The minimum Gasteiger partial charge on any atom is -0.480 e. The van der Waals surface area contributed by atoms with Crippen LogP contribution in [0.15, 0.2) is 30.3 Å². The van der Waals surface area contributed by atoms with Gasteiger partial charge in [-0.15, -0.1) is 0 Å². The van der Waals surface area contributed by atoms with Crippen molar-refractivity contribution in [3.63, 3.8) is 0 Å². The Morgan fingerprint density at radius 1 is 1.00 bits per heavy atom. The molecule has 0 saturated carbocycles.